The maximum atomic E-state index is 7.06. The van der Waals surface area contributed by atoms with Crippen LogP contribution in [0.3, 0.4) is 0 Å². The summed E-state index contributed by atoms with van der Waals surface area (Å²) in [5.74, 6) is 1.63. The van der Waals surface area contributed by atoms with Gasteiger partial charge in [-0.2, -0.15) is 0 Å². The number of ether oxygens (including phenoxy) is 1. The molecule has 0 saturated carbocycles. The number of para-hydroxylation sites is 1. The minimum Gasteiger partial charge on any atom is -0.456 e. The quantitative estimate of drug-likeness (QED) is 0.192. The molecule has 0 bridgehead atoms. The van der Waals surface area contributed by atoms with Crippen LogP contribution in [-0.4, -0.2) is 0 Å². The minimum atomic E-state index is 0.794. The Morgan fingerprint density at radius 3 is 0.767 bits per heavy atom. The van der Waals surface area contributed by atoms with Gasteiger partial charge in [-0.15, -0.1) is 0 Å². The molecule has 0 N–H and O–H groups in total. The van der Waals surface area contributed by atoms with E-state index in [4.69, 9.17) is 4.74 Å². The fourth-order valence-electron chi connectivity index (χ4n) is 5.88. The second-order valence-corrected chi connectivity index (χ2v) is 10.4. The van der Waals surface area contributed by atoms with E-state index in [1.807, 2.05) is 30.3 Å². The summed E-state index contributed by atoms with van der Waals surface area (Å²) in [7, 11) is 0. The summed E-state index contributed by atoms with van der Waals surface area (Å²) < 4.78 is 7.06. The van der Waals surface area contributed by atoms with Crippen LogP contribution in [0.25, 0.3) is 55.6 Å². The minimum absolute atomic E-state index is 0.794. The van der Waals surface area contributed by atoms with Gasteiger partial charge in [0, 0.05) is 22.3 Å². The van der Waals surface area contributed by atoms with Gasteiger partial charge in [0.15, 0.2) is 0 Å². The number of rotatable bonds is 7. The zero-order chi connectivity index (χ0) is 28.8. The van der Waals surface area contributed by atoms with E-state index in [0.717, 1.165) is 61.6 Å². The molecule has 43 heavy (non-hydrogen) atoms. The van der Waals surface area contributed by atoms with E-state index in [1.54, 1.807) is 0 Å². The van der Waals surface area contributed by atoms with Crippen molar-refractivity contribution in [2.24, 2.45) is 0 Å². The number of benzene rings is 7. The van der Waals surface area contributed by atoms with Gasteiger partial charge < -0.3 is 4.74 Å². The molecule has 204 valence electrons. The third kappa shape index (κ3) is 5.25. The predicted molar refractivity (Wildman–Crippen MR) is 180 cm³/mol. The first-order valence-electron chi connectivity index (χ1n) is 14.6. The lowest BCUT2D eigenvalue weighted by atomic mass is 9.78. The molecule has 7 aromatic carbocycles. The highest BCUT2D eigenvalue weighted by atomic mass is 16.5. The fourth-order valence-corrected chi connectivity index (χ4v) is 5.88. The molecule has 7 rings (SSSR count). The molecule has 0 unspecified atom stereocenters. The topological polar surface area (TPSA) is 9.23 Å². The first-order valence-corrected chi connectivity index (χ1v) is 14.6. The standard InChI is InChI=1S/C42H30O/c1-7-19-31(20-8-1)37-38(32-21-9-2-10-22-32)40(34-25-13-4-14-26-34)42(43-36-29-17-6-18-30-36)41(35-27-15-5-16-28-35)39(37)33-23-11-3-12-24-33/h1-30H. The Kier molecular flexibility index (Phi) is 7.36. The van der Waals surface area contributed by atoms with Crippen molar-refractivity contribution in [1.82, 2.24) is 0 Å². The van der Waals surface area contributed by atoms with Crippen LogP contribution in [0.1, 0.15) is 0 Å². The Balaban J connectivity index is 1.76. The Morgan fingerprint density at radius 2 is 0.465 bits per heavy atom. The van der Waals surface area contributed by atoms with E-state index in [2.05, 4.69) is 152 Å². The van der Waals surface area contributed by atoms with Crippen LogP contribution >= 0.6 is 0 Å². The molecular weight excluding hydrogens is 520 g/mol. The van der Waals surface area contributed by atoms with Crippen LogP contribution in [0.2, 0.25) is 0 Å². The predicted octanol–water partition coefficient (Wildman–Crippen LogP) is 11.8. The van der Waals surface area contributed by atoms with Gasteiger partial charge in [0.05, 0.1) is 0 Å². The Morgan fingerprint density at radius 1 is 0.233 bits per heavy atom. The normalized spacial score (nSPS) is 10.8. The molecule has 0 aromatic heterocycles. The van der Waals surface area contributed by atoms with Crippen LogP contribution < -0.4 is 4.74 Å². The van der Waals surface area contributed by atoms with Gasteiger partial charge in [-0.25, -0.2) is 0 Å². The molecule has 0 saturated heterocycles. The van der Waals surface area contributed by atoms with Crippen molar-refractivity contribution in [3.05, 3.63) is 182 Å². The molecule has 7 aromatic rings. The zero-order valence-corrected chi connectivity index (χ0v) is 23.7. The van der Waals surface area contributed by atoms with E-state index in [9.17, 15) is 0 Å². The summed E-state index contributed by atoms with van der Waals surface area (Å²) in [4.78, 5) is 0. The van der Waals surface area contributed by atoms with Crippen molar-refractivity contribution in [3.63, 3.8) is 0 Å². The summed E-state index contributed by atoms with van der Waals surface area (Å²) in [5.41, 5.74) is 11.2. The van der Waals surface area contributed by atoms with Crippen molar-refractivity contribution in [3.8, 4) is 67.1 Å². The van der Waals surface area contributed by atoms with Crippen molar-refractivity contribution in [2.75, 3.05) is 0 Å². The highest BCUT2D eigenvalue weighted by Gasteiger charge is 2.29. The van der Waals surface area contributed by atoms with Crippen molar-refractivity contribution < 1.29 is 4.74 Å². The molecule has 0 heterocycles. The van der Waals surface area contributed by atoms with E-state index in [-0.39, 0.29) is 0 Å². The van der Waals surface area contributed by atoms with Gasteiger partial charge in [0.1, 0.15) is 11.5 Å². The van der Waals surface area contributed by atoms with Crippen LogP contribution in [-0.2, 0) is 0 Å². The van der Waals surface area contributed by atoms with Gasteiger partial charge >= 0.3 is 0 Å². The largest absolute Gasteiger partial charge is 0.456 e. The van der Waals surface area contributed by atoms with Gasteiger partial charge in [0.2, 0.25) is 0 Å². The van der Waals surface area contributed by atoms with Crippen molar-refractivity contribution >= 4 is 0 Å². The van der Waals surface area contributed by atoms with E-state index in [1.165, 1.54) is 5.56 Å². The Labute approximate surface area is 253 Å². The van der Waals surface area contributed by atoms with Gasteiger partial charge in [-0.3, -0.25) is 0 Å². The van der Waals surface area contributed by atoms with Crippen LogP contribution in [0.15, 0.2) is 182 Å². The lowest BCUT2D eigenvalue weighted by Crippen LogP contribution is -2.02. The van der Waals surface area contributed by atoms with Crippen molar-refractivity contribution in [2.45, 2.75) is 0 Å². The van der Waals surface area contributed by atoms with Crippen LogP contribution in [0.4, 0.5) is 0 Å². The molecule has 0 atom stereocenters. The fraction of sp³-hybridized carbons (Fsp3) is 0. The molecule has 0 spiro atoms. The van der Waals surface area contributed by atoms with E-state index < -0.39 is 0 Å². The van der Waals surface area contributed by atoms with Gasteiger partial charge in [-0.05, 0) is 45.5 Å². The number of hydrogen-bond acceptors (Lipinski definition) is 1. The number of hydrogen-bond donors (Lipinski definition) is 0. The molecule has 0 aliphatic rings. The SMILES string of the molecule is c1ccc(Oc2c(-c3ccccc3)c(-c3ccccc3)c(-c3ccccc3)c(-c3ccccc3)c2-c2ccccc2)cc1. The van der Waals surface area contributed by atoms with E-state index in [0.29, 0.717) is 0 Å². The van der Waals surface area contributed by atoms with E-state index >= 15 is 0 Å². The molecule has 0 fully saturated rings. The average Bonchev–Trinajstić information content (AvgIpc) is 3.10. The van der Waals surface area contributed by atoms with Crippen LogP contribution in [0.5, 0.6) is 11.5 Å². The monoisotopic (exact) mass is 550 g/mol. The maximum Gasteiger partial charge on any atom is 0.144 e. The third-order valence-electron chi connectivity index (χ3n) is 7.73. The summed E-state index contributed by atoms with van der Waals surface area (Å²) in [6.07, 6.45) is 0. The summed E-state index contributed by atoms with van der Waals surface area (Å²) in [5, 5.41) is 0. The lowest BCUT2D eigenvalue weighted by Gasteiger charge is -2.28. The van der Waals surface area contributed by atoms with Gasteiger partial charge in [-0.1, -0.05) is 170 Å². The first-order chi connectivity index (χ1) is 21.4. The molecule has 0 amide bonds. The summed E-state index contributed by atoms with van der Waals surface area (Å²) in [6, 6.07) is 63.6. The average molecular weight is 551 g/mol. The highest BCUT2D eigenvalue weighted by Crippen LogP contribution is 2.56. The third-order valence-corrected chi connectivity index (χ3v) is 7.73. The molecular formula is C42H30O. The maximum absolute atomic E-state index is 7.06. The second-order valence-electron chi connectivity index (χ2n) is 10.4. The highest BCUT2D eigenvalue weighted by molar-refractivity contribution is 6.11. The molecule has 0 aliphatic heterocycles. The molecule has 1 heteroatoms. The molecule has 0 radical (unpaired) electrons. The molecule has 1 nitrogen and oxygen atoms in total. The zero-order valence-electron chi connectivity index (χ0n) is 23.7. The lowest BCUT2D eigenvalue weighted by molar-refractivity contribution is 0.486. The van der Waals surface area contributed by atoms with Gasteiger partial charge in [0.25, 0.3) is 0 Å². The second kappa shape index (κ2) is 12.1. The van der Waals surface area contributed by atoms with Crippen molar-refractivity contribution in [1.29, 1.82) is 0 Å². The first kappa shape index (κ1) is 26.3. The smallest absolute Gasteiger partial charge is 0.144 e. The Hall–Kier alpha value is -5.66. The Bertz CT molecular complexity index is 1830. The summed E-state index contributed by atoms with van der Waals surface area (Å²) >= 11 is 0. The molecule has 0 aliphatic carbocycles. The summed E-state index contributed by atoms with van der Waals surface area (Å²) in [6.45, 7) is 0. The van der Waals surface area contributed by atoms with Crippen LogP contribution in [0, 0.1) is 0 Å².